The van der Waals surface area contributed by atoms with Gasteiger partial charge in [0.15, 0.2) is 6.04 Å². The molecule has 0 N–H and O–H groups in total. The molecule has 1 aliphatic rings. The van der Waals surface area contributed by atoms with Gasteiger partial charge in [0, 0.05) is 11.4 Å². The van der Waals surface area contributed by atoms with Crippen LogP contribution in [0.3, 0.4) is 0 Å². The van der Waals surface area contributed by atoms with Crippen LogP contribution in [0.1, 0.15) is 0 Å². The van der Waals surface area contributed by atoms with Crippen LogP contribution in [-0.4, -0.2) is 55.4 Å². The van der Waals surface area contributed by atoms with Gasteiger partial charge in [-0.1, -0.05) is 18.2 Å². The van der Waals surface area contributed by atoms with Crippen LogP contribution in [0.15, 0.2) is 35.2 Å². The molecule has 6 heteroatoms. The molecule has 1 aromatic rings. The van der Waals surface area contributed by atoms with Gasteiger partial charge in [-0.05, 0) is 12.1 Å². The summed E-state index contributed by atoms with van der Waals surface area (Å²) in [5.74, 6) is -0.197. The standard InChI is InChI=1S/C14H17NO4S/c1-18-14(17)12-9-19-8-7-15(12)13(16)10-20-11-5-3-2-4-6-11/h2-6,12H,7-10H2,1H3. The van der Waals surface area contributed by atoms with E-state index in [1.54, 1.807) is 4.90 Å². The van der Waals surface area contributed by atoms with Gasteiger partial charge in [-0.15, -0.1) is 11.8 Å². The number of morpholine rings is 1. The number of benzene rings is 1. The van der Waals surface area contributed by atoms with Gasteiger partial charge in [0.1, 0.15) is 0 Å². The average molecular weight is 295 g/mol. The quantitative estimate of drug-likeness (QED) is 0.617. The first-order valence-electron chi connectivity index (χ1n) is 6.35. The minimum Gasteiger partial charge on any atom is -0.467 e. The number of methoxy groups -OCH3 is 1. The summed E-state index contributed by atoms with van der Waals surface area (Å²) in [7, 11) is 1.32. The molecule has 0 aromatic heterocycles. The van der Waals surface area contributed by atoms with E-state index in [-0.39, 0.29) is 12.5 Å². The number of carbonyl (C=O) groups is 2. The molecule has 20 heavy (non-hydrogen) atoms. The summed E-state index contributed by atoms with van der Waals surface area (Å²) in [5.41, 5.74) is 0. The van der Waals surface area contributed by atoms with E-state index in [1.807, 2.05) is 30.3 Å². The Balaban J connectivity index is 1.94. The number of carbonyl (C=O) groups excluding carboxylic acids is 2. The minimum absolute atomic E-state index is 0.0717. The number of thioether (sulfide) groups is 1. The maximum absolute atomic E-state index is 12.2. The number of ether oxygens (including phenoxy) is 2. The Bertz CT molecular complexity index is 466. The second kappa shape index (κ2) is 7.31. The van der Waals surface area contributed by atoms with Crippen LogP contribution >= 0.6 is 11.8 Å². The summed E-state index contributed by atoms with van der Waals surface area (Å²) in [6.45, 7) is 1.08. The highest BCUT2D eigenvalue weighted by Crippen LogP contribution is 2.19. The first-order valence-corrected chi connectivity index (χ1v) is 7.34. The molecule has 0 spiro atoms. The number of hydrogen-bond donors (Lipinski definition) is 0. The van der Waals surface area contributed by atoms with Crippen LogP contribution in [0.25, 0.3) is 0 Å². The summed E-state index contributed by atoms with van der Waals surface area (Å²) in [6, 6.07) is 9.07. The monoisotopic (exact) mass is 295 g/mol. The van der Waals surface area contributed by atoms with Gasteiger partial charge in [0.25, 0.3) is 0 Å². The van der Waals surface area contributed by atoms with E-state index in [4.69, 9.17) is 9.47 Å². The first kappa shape index (κ1) is 14.9. The minimum atomic E-state index is -0.627. The lowest BCUT2D eigenvalue weighted by Crippen LogP contribution is -2.53. The molecule has 0 radical (unpaired) electrons. The van der Waals surface area contributed by atoms with Crippen LogP contribution in [0.2, 0.25) is 0 Å². The number of rotatable bonds is 4. The summed E-state index contributed by atoms with van der Waals surface area (Å²) >= 11 is 1.46. The van der Waals surface area contributed by atoms with Crippen LogP contribution in [-0.2, 0) is 19.1 Å². The van der Waals surface area contributed by atoms with Crippen molar-refractivity contribution in [2.75, 3.05) is 32.6 Å². The van der Waals surface area contributed by atoms with E-state index in [9.17, 15) is 9.59 Å². The lowest BCUT2D eigenvalue weighted by Gasteiger charge is -2.33. The van der Waals surface area contributed by atoms with Crippen LogP contribution in [0.4, 0.5) is 0 Å². The highest BCUT2D eigenvalue weighted by Gasteiger charge is 2.33. The topological polar surface area (TPSA) is 55.8 Å². The Morgan fingerprint density at radius 1 is 1.40 bits per heavy atom. The smallest absolute Gasteiger partial charge is 0.331 e. The third-order valence-electron chi connectivity index (χ3n) is 3.03. The highest BCUT2D eigenvalue weighted by atomic mass is 32.2. The molecular formula is C14H17NO4S. The third kappa shape index (κ3) is 3.74. The van der Waals surface area contributed by atoms with Crippen molar-refractivity contribution >= 4 is 23.6 Å². The zero-order chi connectivity index (χ0) is 14.4. The number of nitrogens with zero attached hydrogens (tertiary/aromatic N) is 1. The maximum atomic E-state index is 12.2. The van der Waals surface area contributed by atoms with Crippen molar-refractivity contribution < 1.29 is 19.1 Å². The molecule has 0 bridgehead atoms. The van der Waals surface area contributed by atoms with Crippen molar-refractivity contribution in [2.24, 2.45) is 0 Å². The average Bonchev–Trinajstić information content (AvgIpc) is 2.52. The zero-order valence-electron chi connectivity index (χ0n) is 11.3. The van der Waals surface area contributed by atoms with Gasteiger partial charge in [-0.3, -0.25) is 4.79 Å². The Labute approximate surface area is 122 Å². The molecule has 2 rings (SSSR count). The van der Waals surface area contributed by atoms with Crippen molar-refractivity contribution in [3.8, 4) is 0 Å². The molecule has 1 fully saturated rings. The lowest BCUT2D eigenvalue weighted by molar-refractivity contribution is -0.159. The van der Waals surface area contributed by atoms with Gasteiger partial charge in [-0.25, -0.2) is 4.79 Å². The molecule has 0 aliphatic carbocycles. The molecule has 1 saturated heterocycles. The summed E-state index contributed by atoms with van der Waals surface area (Å²) in [4.78, 5) is 26.5. The summed E-state index contributed by atoms with van der Waals surface area (Å²) in [6.07, 6.45) is 0. The second-order valence-corrected chi connectivity index (χ2v) is 5.35. The van der Waals surface area contributed by atoms with Crippen molar-refractivity contribution in [2.45, 2.75) is 10.9 Å². The van der Waals surface area contributed by atoms with E-state index in [0.29, 0.717) is 18.9 Å². The third-order valence-corrected chi connectivity index (χ3v) is 4.02. The Kier molecular flexibility index (Phi) is 5.43. The van der Waals surface area contributed by atoms with Crippen molar-refractivity contribution in [1.82, 2.24) is 4.90 Å². The first-order chi connectivity index (χ1) is 9.72. The van der Waals surface area contributed by atoms with E-state index in [1.165, 1.54) is 18.9 Å². The van der Waals surface area contributed by atoms with Crippen LogP contribution in [0, 0.1) is 0 Å². The fraction of sp³-hybridized carbons (Fsp3) is 0.429. The molecule has 108 valence electrons. The molecule has 5 nitrogen and oxygen atoms in total. The predicted octanol–water partition coefficient (Wildman–Crippen LogP) is 1.18. The maximum Gasteiger partial charge on any atom is 0.331 e. The van der Waals surface area contributed by atoms with E-state index in [0.717, 1.165) is 4.90 Å². The fourth-order valence-electron chi connectivity index (χ4n) is 1.98. The molecule has 1 atom stereocenters. The number of hydrogen-bond acceptors (Lipinski definition) is 5. The van der Waals surface area contributed by atoms with E-state index < -0.39 is 12.0 Å². The van der Waals surface area contributed by atoms with Gasteiger partial charge < -0.3 is 14.4 Å². The van der Waals surface area contributed by atoms with E-state index in [2.05, 4.69) is 0 Å². The number of amides is 1. The normalized spacial score (nSPS) is 18.6. The molecule has 0 saturated carbocycles. The van der Waals surface area contributed by atoms with Gasteiger partial charge >= 0.3 is 5.97 Å². The second-order valence-electron chi connectivity index (χ2n) is 4.30. The SMILES string of the molecule is COC(=O)C1COCCN1C(=O)CSc1ccccc1. The summed E-state index contributed by atoms with van der Waals surface area (Å²) < 4.78 is 9.96. The molecular weight excluding hydrogens is 278 g/mol. The lowest BCUT2D eigenvalue weighted by atomic mass is 10.2. The van der Waals surface area contributed by atoms with Gasteiger partial charge in [0.2, 0.25) is 5.91 Å². The van der Waals surface area contributed by atoms with Gasteiger partial charge in [-0.2, -0.15) is 0 Å². The number of esters is 1. The van der Waals surface area contributed by atoms with Crippen LogP contribution in [0.5, 0.6) is 0 Å². The molecule has 1 amide bonds. The fourth-order valence-corrected chi connectivity index (χ4v) is 2.78. The Morgan fingerprint density at radius 3 is 2.85 bits per heavy atom. The summed E-state index contributed by atoms with van der Waals surface area (Å²) in [5, 5.41) is 0. The highest BCUT2D eigenvalue weighted by molar-refractivity contribution is 8.00. The molecule has 1 heterocycles. The van der Waals surface area contributed by atoms with Gasteiger partial charge in [0.05, 0.1) is 26.1 Å². The van der Waals surface area contributed by atoms with Crippen LogP contribution < -0.4 is 0 Å². The molecule has 1 unspecified atom stereocenters. The van der Waals surface area contributed by atoms with E-state index >= 15 is 0 Å². The van der Waals surface area contributed by atoms with Crippen molar-refractivity contribution in [1.29, 1.82) is 0 Å². The molecule has 1 aromatic carbocycles. The largest absolute Gasteiger partial charge is 0.467 e. The Morgan fingerprint density at radius 2 is 2.15 bits per heavy atom. The van der Waals surface area contributed by atoms with Crippen molar-refractivity contribution in [3.05, 3.63) is 30.3 Å². The predicted molar refractivity (Wildman–Crippen MR) is 75.5 cm³/mol. The Hall–Kier alpha value is -1.53. The van der Waals surface area contributed by atoms with Crippen molar-refractivity contribution in [3.63, 3.8) is 0 Å². The molecule has 1 aliphatic heterocycles. The zero-order valence-corrected chi connectivity index (χ0v) is 12.1.